The van der Waals surface area contributed by atoms with Crippen LogP contribution in [0.1, 0.15) is 5.56 Å². The lowest BCUT2D eigenvalue weighted by Gasteiger charge is -2.02. The Labute approximate surface area is 151 Å². The van der Waals surface area contributed by atoms with Gasteiger partial charge < -0.3 is 4.98 Å². The van der Waals surface area contributed by atoms with Gasteiger partial charge in [0, 0.05) is 6.08 Å². The Bertz CT molecular complexity index is 1030. The molecule has 0 saturated heterocycles. The smallest absolute Gasteiger partial charge is 0.250 e. The van der Waals surface area contributed by atoms with Gasteiger partial charge in [-0.05, 0) is 34.9 Å². The number of imidazole rings is 1. The van der Waals surface area contributed by atoms with Crippen molar-refractivity contribution < 1.29 is 4.79 Å². The van der Waals surface area contributed by atoms with Gasteiger partial charge >= 0.3 is 0 Å². The van der Waals surface area contributed by atoms with Crippen molar-refractivity contribution >= 4 is 29.0 Å². The van der Waals surface area contributed by atoms with Gasteiger partial charge in [0.2, 0.25) is 5.95 Å². The van der Waals surface area contributed by atoms with Crippen LogP contribution in [-0.2, 0) is 4.79 Å². The van der Waals surface area contributed by atoms with Crippen molar-refractivity contribution in [3.63, 3.8) is 0 Å². The summed E-state index contributed by atoms with van der Waals surface area (Å²) in [6, 6.07) is 25.9. The summed E-state index contributed by atoms with van der Waals surface area (Å²) in [5.41, 5.74) is 5.00. The summed E-state index contributed by atoms with van der Waals surface area (Å²) in [5.74, 6) is 0.219. The van der Waals surface area contributed by atoms with Crippen LogP contribution in [0.15, 0.2) is 84.9 Å². The van der Waals surface area contributed by atoms with Gasteiger partial charge in [-0.15, -0.1) is 0 Å². The highest BCUT2D eigenvalue weighted by molar-refractivity contribution is 6.01. The minimum Gasteiger partial charge on any atom is -0.324 e. The van der Waals surface area contributed by atoms with Gasteiger partial charge in [0.15, 0.2) is 0 Å². The SMILES string of the molecule is O=C(/C=C/c1ccc(-c2ccccc2)cc1)Nc1nc2ccccc2[nH]1. The number of aromatic nitrogens is 2. The van der Waals surface area contributed by atoms with Gasteiger partial charge in [-0.1, -0.05) is 66.7 Å². The summed E-state index contributed by atoms with van der Waals surface area (Å²) in [7, 11) is 0. The van der Waals surface area contributed by atoms with E-state index in [-0.39, 0.29) is 5.91 Å². The van der Waals surface area contributed by atoms with Gasteiger partial charge in [-0.25, -0.2) is 4.98 Å². The molecule has 26 heavy (non-hydrogen) atoms. The van der Waals surface area contributed by atoms with E-state index in [0.717, 1.165) is 22.2 Å². The highest BCUT2D eigenvalue weighted by Gasteiger charge is 2.04. The largest absolute Gasteiger partial charge is 0.324 e. The molecular formula is C22H17N3O. The molecule has 2 N–H and O–H groups in total. The Morgan fingerprint density at radius 1 is 0.846 bits per heavy atom. The molecule has 1 heterocycles. The van der Waals surface area contributed by atoms with Crippen LogP contribution in [0.3, 0.4) is 0 Å². The zero-order valence-corrected chi connectivity index (χ0v) is 14.0. The number of nitrogens with zero attached hydrogens (tertiary/aromatic N) is 1. The van der Waals surface area contributed by atoms with Crippen molar-refractivity contribution in [2.75, 3.05) is 5.32 Å². The second-order valence-electron chi connectivity index (χ2n) is 5.91. The number of hydrogen-bond acceptors (Lipinski definition) is 2. The highest BCUT2D eigenvalue weighted by Crippen LogP contribution is 2.19. The van der Waals surface area contributed by atoms with Gasteiger partial charge in [0.05, 0.1) is 11.0 Å². The quantitative estimate of drug-likeness (QED) is 0.521. The number of nitrogens with one attached hydrogen (secondary N) is 2. The van der Waals surface area contributed by atoms with Gasteiger partial charge in [0.1, 0.15) is 0 Å². The molecule has 0 aliphatic heterocycles. The summed E-state index contributed by atoms with van der Waals surface area (Å²) in [4.78, 5) is 19.5. The number of H-pyrrole nitrogens is 1. The predicted molar refractivity (Wildman–Crippen MR) is 106 cm³/mol. The lowest BCUT2D eigenvalue weighted by atomic mass is 10.0. The number of para-hydroxylation sites is 2. The molecule has 4 heteroatoms. The van der Waals surface area contributed by atoms with Crippen molar-refractivity contribution in [2.45, 2.75) is 0 Å². The number of anilines is 1. The van der Waals surface area contributed by atoms with E-state index >= 15 is 0 Å². The van der Waals surface area contributed by atoms with Crippen molar-refractivity contribution in [1.82, 2.24) is 9.97 Å². The molecule has 1 aromatic heterocycles. The molecule has 0 unspecified atom stereocenters. The summed E-state index contributed by atoms with van der Waals surface area (Å²) >= 11 is 0. The molecule has 0 spiro atoms. The summed E-state index contributed by atoms with van der Waals surface area (Å²) in [6.07, 6.45) is 3.29. The number of hydrogen-bond donors (Lipinski definition) is 2. The van der Waals surface area contributed by atoms with Crippen LogP contribution in [-0.4, -0.2) is 15.9 Å². The third kappa shape index (κ3) is 3.54. The molecule has 0 saturated carbocycles. The highest BCUT2D eigenvalue weighted by atomic mass is 16.1. The first-order valence-electron chi connectivity index (χ1n) is 8.37. The molecule has 1 amide bonds. The zero-order valence-electron chi connectivity index (χ0n) is 14.0. The minimum atomic E-state index is -0.226. The summed E-state index contributed by atoms with van der Waals surface area (Å²) < 4.78 is 0. The molecule has 4 aromatic rings. The third-order valence-electron chi connectivity index (χ3n) is 4.08. The van der Waals surface area contributed by atoms with E-state index in [4.69, 9.17) is 0 Å². The van der Waals surface area contributed by atoms with Crippen LogP contribution in [0, 0.1) is 0 Å². The fraction of sp³-hybridized carbons (Fsp3) is 0. The van der Waals surface area contributed by atoms with E-state index in [9.17, 15) is 4.79 Å². The van der Waals surface area contributed by atoms with Crippen LogP contribution >= 0.6 is 0 Å². The minimum absolute atomic E-state index is 0.226. The Morgan fingerprint density at radius 2 is 1.54 bits per heavy atom. The Kier molecular flexibility index (Phi) is 4.31. The third-order valence-corrected chi connectivity index (χ3v) is 4.08. The van der Waals surface area contributed by atoms with Gasteiger partial charge in [0.25, 0.3) is 5.91 Å². The monoisotopic (exact) mass is 339 g/mol. The number of carbonyl (C=O) groups excluding carboxylic acids is 1. The second-order valence-corrected chi connectivity index (χ2v) is 5.91. The maximum atomic E-state index is 12.1. The Balaban J connectivity index is 1.43. The summed E-state index contributed by atoms with van der Waals surface area (Å²) in [5, 5.41) is 2.75. The maximum Gasteiger partial charge on any atom is 0.250 e. The fourth-order valence-electron chi connectivity index (χ4n) is 2.76. The van der Waals surface area contributed by atoms with Crippen molar-refractivity contribution in [3.05, 3.63) is 90.5 Å². The second kappa shape index (κ2) is 7.07. The summed E-state index contributed by atoms with van der Waals surface area (Å²) in [6.45, 7) is 0. The molecule has 4 rings (SSSR count). The first-order valence-corrected chi connectivity index (χ1v) is 8.37. The Hall–Kier alpha value is -3.66. The van der Waals surface area contributed by atoms with E-state index in [1.54, 1.807) is 6.08 Å². The van der Waals surface area contributed by atoms with Crippen LogP contribution in [0.2, 0.25) is 0 Å². The van der Waals surface area contributed by atoms with Crippen molar-refractivity contribution in [2.24, 2.45) is 0 Å². The van der Waals surface area contributed by atoms with Gasteiger partial charge in [-0.2, -0.15) is 0 Å². The molecular weight excluding hydrogens is 322 g/mol. The lowest BCUT2D eigenvalue weighted by Crippen LogP contribution is -2.08. The predicted octanol–water partition coefficient (Wildman–Crippen LogP) is 4.88. The van der Waals surface area contributed by atoms with Crippen LogP contribution in [0.25, 0.3) is 28.2 Å². The molecule has 3 aromatic carbocycles. The van der Waals surface area contributed by atoms with Crippen LogP contribution in [0.5, 0.6) is 0 Å². The first-order chi connectivity index (χ1) is 12.8. The average Bonchev–Trinajstić information content (AvgIpc) is 3.09. The van der Waals surface area contributed by atoms with E-state index in [1.807, 2.05) is 66.7 Å². The normalized spacial score (nSPS) is 11.1. The van der Waals surface area contributed by atoms with E-state index in [1.165, 1.54) is 11.6 Å². The maximum absolute atomic E-state index is 12.1. The number of amides is 1. The molecule has 126 valence electrons. The van der Waals surface area contributed by atoms with E-state index < -0.39 is 0 Å². The van der Waals surface area contributed by atoms with E-state index in [0.29, 0.717) is 5.95 Å². The molecule has 0 radical (unpaired) electrons. The molecule has 0 fully saturated rings. The first kappa shape index (κ1) is 15.8. The van der Waals surface area contributed by atoms with Crippen molar-refractivity contribution in [1.29, 1.82) is 0 Å². The number of rotatable bonds is 4. The molecule has 0 atom stereocenters. The average molecular weight is 339 g/mol. The molecule has 4 nitrogen and oxygen atoms in total. The number of fused-ring (bicyclic) bond motifs is 1. The zero-order chi connectivity index (χ0) is 17.8. The number of carbonyl (C=O) groups is 1. The van der Waals surface area contributed by atoms with Crippen molar-refractivity contribution in [3.8, 4) is 11.1 Å². The fourth-order valence-corrected chi connectivity index (χ4v) is 2.76. The lowest BCUT2D eigenvalue weighted by molar-refractivity contribution is -0.111. The molecule has 0 aliphatic carbocycles. The van der Waals surface area contributed by atoms with Crippen LogP contribution in [0.4, 0.5) is 5.95 Å². The molecule has 0 bridgehead atoms. The Morgan fingerprint density at radius 3 is 2.31 bits per heavy atom. The van der Waals surface area contributed by atoms with Crippen LogP contribution < -0.4 is 5.32 Å². The topological polar surface area (TPSA) is 57.8 Å². The molecule has 0 aliphatic rings. The standard InChI is InChI=1S/C22H17N3O/c26-21(25-22-23-19-8-4-5-9-20(19)24-22)15-12-16-10-13-18(14-11-16)17-6-2-1-3-7-17/h1-15H,(H2,23,24,25,26)/b15-12+. The van der Waals surface area contributed by atoms with E-state index in [2.05, 4.69) is 27.4 Å². The number of aromatic amines is 1. The van der Waals surface area contributed by atoms with Gasteiger partial charge in [-0.3, -0.25) is 10.1 Å². The number of benzene rings is 3.